The van der Waals surface area contributed by atoms with Crippen LogP contribution in [0.1, 0.15) is 38.3 Å². The van der Waals surface area contributed by atoms with Crippen LogP contribution < -0.4 is 0 Å². The Kier molecular flexibility index (Phi) is 6.07. The number of hydrogen-bond acceptors (Lipinski definition) is 3. The number of nitrogens with zero attached hydrogens (tertiary/aromatic N) is 2. The third-order valence-electron chi connectivity index (χ3n) is 4.61. The lowest BCUT2D eigenvalue weighted by atomic mass is 10.0. The molecule has 2 atom stereocenters. The molecule has 1 fully saturated rings. The fourth-order valence-electron chi connectivity index (χ4n) is 3.40. The third kappa shape index (κ3) is 4.06. The van der Waals surface area contributed by atoms with Crippen molar-refractivity contribution < 1.29 is 18.7 Å². The van der Waals surface area contributed by atoms with E-state index in [2.05, 4.69) is 4.90 Å². The van der Waals surface area contributed by atoms with Gasteiger partial charge in [0.25, 0.3) is 0 Å². The Morgan fingerprint density at radius 3 is 2.22 bits per heavy atom. The number of rotatable bonds is 6. The summed E-state index contributed by atoms with van der Waals surface area (Å²) >= 11 is 0. The van der Waals surface area contributed by atoms with E-state index in [1.807, 2.05) is 18.7 Å². The van der Waals surface area contributed by atoms with Crippen molar-refractivity contribution in [1.82, 2.24) is 9.80 Å². The van der Waals surface area contributed by atoms with Gasteiger partial charge in [-0.3, -0.25) is 14.6 Å². The largest absolute Gasteiger partial charge is 0.480 e. The number of carbonyl (C=O) groups is 1. The smallest absolute Gasteiger partial charge is 0.320 e. The van der Waals surface area contributed by atoms with E-state index < -0.39 is 23.6 Å². The zero-order valence-electron chi connectivity index (χ0n) is 13.6. The summed E-state index contributed by atoms with van der Waals surface area (Å²) in [6.45, 7) is 6.49. The highest BCUT2D eigenvalue weighted by atomic mass is 19.1. The van der Waals surface area contributed by atoms with Crippen molar-refractivity contribution in [1.29, 1.82) is 0 Å². The summed E-state index contributed by atoms with van der Waals surface area (Å²) in [7, 11) is 0. The van der Waals surface area contributed by atoms with Crippen molar-refractivity contribution in [2.24, 2.45) is 0 Å². The molecule has 1 aliphatic rings. The van der Waals surface area contributed by atoms with Gasteiger partial charge in [0.2, 0.25) is 0 Å². The summed E-state index contributed by atoms with van der Waals surface area (Å²) in [6.07, 6.45) is 1.29. The maximum absolute atomic E-state index is 14.1. The van der Waals surface area contributed by atoms with Crippen LogP contribution in [0.3, 0.4) is 0 Å². The van der Waals surface area contributed by atoms with Crippen molar-refractivity contribution in [3.05, 3.63) is 35.4 Å². The van der Waals surface area contributed by atoms with Crippen LogP contribution in [0, 0.1) is 11.6 Å². The molecule has 0 unspecified atom stereocenters. The first-order valence-electron chi connectivity index (χ1n) is 8.13. The maximum Gasteiger partial charge on any atom is 0.320 e. The van der Waals surface area contributed by atoms with Gasteiger partial charge in [-0.2, -0.15) is 0 Å². The van der Waals surface area contributed by atoms with Gasteiger partial charge in [0.1, 0.15) is 17.7 Å². The number of halogens is 2. The van der Waals surface area contributed by atoms with E-state index in [4.69, 9.17) is 0 Å². The van der Waals surface area contributed by atoms with Crippen LogP contribution in [-0.4, -0.2) is 53.1 Å². The summed E-state index contributed by atoms with van der Waals surface area (Å²) in [4.78, 5) is 15.4. The van der Waals surface area contributed by atoms with Crippen LogP contribution in [-0.2, 0) is 4.79 Å². The SMILES string of the molecule is CC[C@H](C(=O)O)N1CCN([C@H](CC)c2ccc(F)cc2F)CC1. The molecule has 0 radical (unpaired) electrons. The van der Waals surface area contributed by atoms with Crippen molar-refractivity contribution in [2.75, 3.05) is 26.2 Å². The minimum atomic E-state index is -0.794. The van der Waals surface area contributed by atoms with Crippen LogP contribution in [0.5, 0.6) is 0 Å². The second kappa shape index (κ2) is 7.84. The van der Waals surface area contributed by atoms with Gasteiger partial charge in [0, 0.05) is 43.9 Å². The van der Waals surface area contributed by atoms with Gasteiger partial charge < -0.3 is 5.11 Å². The molecular formula is C17H24F2N2O2. The van der Waals surface area contributed by atoms with Gasteiger partial charge in [0.05, 0.1) is 0 Å². The van der Waals surface area contributed by atoms with Crippen molar-refractivity contribution >= 4 is 5.97 Å². The molecule has 0 amide bonds. The number of aliphatic carboxylic acids is 1. The molecule has 0 bridgehead atoms. The number of benzene rings is 1. The van der Waals surface area contributed by atoms with Crippen LogP contribution in [0.15, 0.2) is 18.2 Å². The molecule has 0 spiro atoms. The molecule has 6 heteroatoms. The topological polar surface area (TPSA) is 43.8 Å². The van der Waals surface area contributed by atoms with E-state index in [0.717, 1.165) is 12.5 Å². The zero-order chi connectivity index (χ0) is 17.0. The minimum Gasteiger partial charge on any atom is -0.480 e. The standard InChI is InChI=1S/C17H24F2N2O2/c1-3-15(13-6-5-12(18)11-14(13)19)20-7-9-21(10-8-20)16(4-2)17(22)23/h5-6,11,15-16H,3-4,7-10H2,1-2H3,(H,22,23)/t15-,16-/m1/s1. The molecule has 4 nitrogen and oxygen atoms in total. The number of piperazine rings is 1. The number of hydrogen-bond donors (Lipinski definition) is 1. The third-order valence-corrected chi connectivity index (χ3v) is 4.61. The molecule has 1 saturated heterocycles. The molecule has 1 N–H and O–H groups in total. The summed E-state index contributed by atoms with van der Waals surface area (Å²) in [5.41, 5.74) is 0.507. The van der Waals surface area contributed by atoms with Gasteiger partial charge in [-0.05, 0) is 18.9 Å². The van der Waals surface area contributed by atoms with Crippen molar-refractivity contribution in [2.45, 2.75) is 38.8 Å². The second-order valence-electron chi connectivity index (χ2n) is 5.92. The molecule has 0 aliphatic carbocycles. The lowest BCUT2D eigenvalue weighted by molar-refractivity contribution is -0.144. The zero-order valence-corrected chi connectivity index (χ0v) is 13.6. The van der Waals surface area contributed by atoms with Crippen molar-refractivity contribution in [3.8, 4) is 0 Å². The maximum atomic E-state index is 14.1. The Morgan fingerprint density at radius 1 is 1.13 bits per heavy atom. The Bertz CT molecular complexity index is 545. The van der Waals surface area contributed by atoms with E-state index in [0.29, 0.717) is 38.2 Å². The fourth-order valence-corrected chi connectivity index (χ4v) is 3.40. The van der Waals surface area contributed by atoms with Gasteiger partial charge >= 0.3 is 5.97 Å². The Morgan fingerprint density at radius 2 is 1.74 bits per heavy atom. The van der Waals surface area contributed by atoms with E-state index >= 15 is 0 Å². The van der Waals surface area contributed by atoms with Gasteiger partial charge in [-0.15, -0.1) is 0 Å². The molecular weight excluding hydrogens is 302 g/mol. The van der Waals surface area contributed by atoms with E-state index in [1.54, 1.807) is 0 Å². The predicted molar refractivity (Wildman–Crippen MR) is 84.3 cm³/mol. The highest BCUT2D eigenvalue weighted by Crippen LogP contribution is 2.28. The first-order chi connectivity index (χ1) is 11.0. The van der Waals surface area contributed by atoms with Crippen LogP contribution in [0.2, 0.25) is 0 Å². The lowest BCUT2D eigenvalue weighted by Crippen LogP contribution is -2.53. The molecule has 1 aromatic carbocycles. The Labute approximate surface area is 135 Å². The van der Waals surface area contributed by atoms with Crippen LogP contribution in [0.25, 0.3) is 0 Å². The predicted octanol–water partition coefficient (Wildman–Crippen LogP) is 2.90. The second-order valence-corrected chi connectivity index (χ2v) is 5.92. The molecule has 2 rings (SSSR count). The van der Waals surface area contributed by atoms with E-state index in [9.17, 15) is 18.7 Å². The summed E-state index contributed by atoms with van der Waals surface area (Å²) in [5.74, 6) is -1.88. The van der Waals surface area contributed by atoms with Crippen LogP contribution in [0.4, 0.5) is 8.78 Å². The molecule has 1 heterocycles. The average Bonchev–Trinajstić information content (AvgIpc) is 2.52. The van der Waals surface area contributed by atoms with Gasteiger partial charge in [-0.25, -0.2) is 8.78 Å². The molecule has 23 heavy (non-hydrogen) atoms. The first kappa shape index (κ1) is 17.8. The van der Waals surface area contributed by atoms with E-state index in [-0.39, 0.29) is 6.04 Å². The molecule has 1 aromatic rings. The average molecular weight is 326 g/mol. The Hall–Kier alpha value is -1.53. The molecule has 1 aliphatic heterocycles. The Balaban J connectivity index is 2.06. The quantitative estimate of drug-likeness (QED) is 0.873. The van der Waals surface area contributed by atoms with Gasteiger partial charge in [0.15, 0.2) is 0 Å². The summed E-state index contributed by atoms with van der Waals surface area (Å²) in [5, 5.41) is 9.25. The lowest BCUT2D eigenvalue weighted by Gasteiger charge is -2.41. The fraction of sp³-hybridized carbons (Fsp3) is 0.588. The first-order valence-corrected chi connectivity index (χ1v) is 8.13. The normalized spacial score (nSPS) is 19.5. The summed E-state index contributed by atoms with van der Waals surface area (Å²) < 4.78 is 27.1. The monoisotopic (exact) mass is 326 g/mol. The number of carboxylic acids is 1. The van der Waals surface area contributed by atoms with E-state index in [1.165, 1.54) is 12.1 Å². The molecule has 0 saturated carbocycles. The highest BCUT2D eigenvalue weighted by molar-refractivity contribution is 5.73. The summed E-state index contributed by atoms with van der Waals surface area (Å²) in [6, 6.07) is 3.15. The number of carboxylic acid groups (broad SMARTS) is 1. The molecule has 0 aromatic heterocycles. The highest BCUT2D eigenvalue weighted by Gasteiger charge is 2.30. The molecule has 128 valence electrons. The van der Waals surface area contributed by atoms with Crippen molar-refractivity contribution in [3.63, 3.8) is 0 Å². The van der Waals surface area contributed by atoms with Gasteiger partial charge in [-0.1, -0.05) is 19.9 Å². The van der Waals surface area contributed by atoms with Crippen LogP contribution >= 0.6 is 0 Å². The minimum absolute atomic E-state index is 0.109.